The number of hydrogen-bond donors (Lipinski definition) is 1. The van der Waals surface area contributed by atoms with Crippen molar-refractivity contribution in [2.45, 2.75) is 57.8 Å². The number of rotatable bonds is 10. The van der Waals surface area contributed by atoms with Crippen LogP contribution in [0.2, 0.25) is 0 Å². The van der Waals surface area contributed by atoms with Gasteiger partial charge in [0.15, 0.2) is 5.16 Å². The molecular weight excluding hydrogens is 446 g/mol. The standard InChI is InChI=1S/C26H31N5O2S/c1-4-10-21(19-11-6-5-7-12-19)27-23(32)17-34-26-29-28-25-30(16-15-18(2)3)24(33)20-13-8-9-14-22(20)31(25)26/h5-9,11-14,18,21H,4,10,15-17H2,1-3H3,(H,27,32)/t21-/m0/s1. The van der Waals surface area contributed by atoms with Crippen LogP contribution in [-0.4, -0.2) is 30.8 Å². The molecule has 0 aliphatic carbocycles. The number of nitrogens with one attached hydrogen (secondary N) is 1. The molecule has 0 bridgehead atoms. The molecule has 0 saturated heterocycles. The number of hydrogen-bond acceptors (Lipinski definition) is 5. The second-order valence-corrected chi connectivity index (χ2v) is 9.83. The van der Waals surface area contributed by atoms with Crippen molar-refractivity contribution in [1.82, 2.24) is 24.5 Å². The van der Waals surface area contributed by atoms with Crippen LogP contribution >= 0.6 is 11.8 Å². The second-order valence-electron chi connectivity index (χ2n) is 8.88. The number of aryl methyl sites for hydroxylation is 1. The third kappa shape index (κ3) is 5.17. The molecule has 0 radical (unpaired) electrons. The van der Waals surface area contributed by atoms with E-state index in [2.05, 4.69) is 36.3 Å². The van der Waals surface area contributed by atoms with Crippen molar-refractivity contribution in [3.05, 3.63) is 70.5 Å². The van der Waals surface area contributed by atoms with E-state index < -0.39 is 0 Å². The Morgan fingerprint density at radius 3 is 2.50 bits per heavy atom. The predicted molar refractivity (Wildman–Crippen MR) is 137 cm³/mol. The zero-order valence-electron chi connectivity index (χ0n) is 19.9. The van der Waals surface area contributed by atoms with Gasteiger partial charge in [-0.1, -0.05) is 81.4 Å². The third-order valence-corrected chi connectivity index (χ3v) is 6.78. The van der Waals surface area contributed by atoms with Crippen LogP contribution in [-0.2, 0) is 11.3 Å². The molecule has 7 nitrogen and oxygen atoms in total. The Balaban J connectivity index is 1.60. The molecule has 178 valence electrons. The molecule has 1 amide bonds. The molecule has 1 atom stereocenters. The molecule has 8 heteroatoms. The molecule has 0 unspecified atom stereocenters. The van der Waals surface area contributed by atoms with Gasteiger partial charge in [-0.3, -0.25) is 18.6 Å². The van der Waals surface area contributed by atoms with Gasteiger partial charge >= 0.3 is 0 Å². The summed E-state index contributed by atoms with van der Waals surface area (Å²) in [5, 5.41) is 13.1. The SMILES string of the molecule is CCC[C@H](NC(=O)CSc1nnc2n(CCC(C)C)c(=O)c3ccccc3n12)c1ccccc1. The van der Waals surface area contributed by atoms with E-state index in [1.807, 2.05) is 59.0 Å². The molecule has 0 aliphatic rings. The van der Waals surface area contributed by atoms with E-state index in [0.717, 1.165) is 30.3 Å². The number of aromatic nitrogens is 4. The topological polar surface area (TPSA) is 81.3 Å². The Bertz CT molecular complexity index is 1330. The van der Waals surface area contributed by atoms with Gasteiger partial charge in [-0.25, -0.2) is 0 Å². The van der Waals surface area contributed by atoms with Crippen LogP contribution < -0.4 is 10.9 Å². The number of fused-ring (bicyclic) bond motifs is 3. The Kier molecular flexibility index (Phi) is 7.67. The number of benzene rings is 2. The molecule has 1 N–H and O–H groups in total. The highest BCUT2D eigenvalue weighted by atomic mass is 32.2. The van der Waals surface area contributed by atoms with Gasteiger partial charge in [0.1, 0.15) is 0 Å². The van der Waals surface area contributed by atoms with Crippen molar-refractivity contribution >= 4 is 34.3 Å². The molecule has 2 aromatic carbocycles. The number of amides is 1. The fourth-order valence-corrected chi connectivity index (χ4v) is 4.83. The lowest BCUT2D eigenvalue weighted by atomic mass is 10.0. The lowest BCUT2D eigenvalue weighted by molar-refractivity contribution is -0.119. The van der Waals surface area contributed by atoms with Gasteiger partial charge in [-0.15, -0.1) is 10.2 Å². The van der Waals surface area contributed by atoms with Crippen LogP contribution in [0.15, 0.2) is 64.5 Å². The quantitative estimate of drug-likeness (QED) is 0.331. The first-order valence-corrected chi connectivity index (χ1v) is 12.8. The molecule has 0 aliphatic heterocycles. The first kappa shape index (κ1) is 24.0. The minimum atomic E-state index is -0.0595. The van der Waals surface area contributed by atoms with E-state index in [9.17, 15) is 9.59 Å². The van der Waals surface area contributed by atoms with Crippen LogP contribution in [0.1, 0.15) is 51.6 Å². The molecule has 0 spiro atoms. The summed E-state index contributed by atoms with van der Waals surface area (Å²) in [5.41, 5.74) is 1.80. The van der Waals surface area contributed by atoms with E-state index in [1.165, 1.54) is 11.8 Å². The zero-order chi connectivity index (χ0) is 24.1. The van der Waals surface area contributed by atoms with E-state index in [1.54, 1.807) is 4.57 Å². The first-order chi connectivity index (χ1) is 16.5. The van der Waals surface area contributed by atoms with Gasteiger partial charge < -0.3 is 5.32 Å². The second kappa shape index (κ2) is 10.9. The van der Waals surface area contributed by atoms with Gasteiger partial charge in [0.2, 0.25) is 11.7 Å². The van der Waals surface area contributed by atoms with Gasteiger partial charge in [-0.05, 0) is 36.5 Å². The van der Waals surface area contributed by atoms with Gasteiger partial charge in [0.05, 0.1) is 22.7 Å². The molecule has 0 fully saturated rings. The highest BCUT2D eigenvalue weighted by Crippen LogP contribution is 2.23. The number of thioether (sulfide) groups is 1. The van der Waals surface area contributed by atoms with Crippen LogP contribution in [0.5, 0.6) is 0 Å². The highest BCUT2D eigenvalue weighted by Gasteiger charge is 2.19. The Labute approximate surface area is 203 Å². The maximum Gasteiger partial charge on any atom is 0.262 e. The van der Waals surface area contributed by atoms with Crippen molar-refractivity contribution in [3.8, 4) is 0 Å². The van der Waals surface area contributed by atoms with Crippen LogP contribution in [0.25, 0.3) is 16.7 Å². The zero-order valence-corrected chi connectivity index (χ0v) is 20.7. The van der Waals surface area contributed by atoms with Crippen molar-refractivity contribution in [3.63, 3.8) is 0 Å². The van der Waals surface area contributed by atoms with Crippen molar-refractivity contribution in [1.29, 1.82) is 0 Å². The van der Waals surface area contributed by atoms with Crippen molar-refractivity contribution < 1.29 is 4.79 Å². The lowest BCUT2D eigenvalue weighted by Gasteiger charge is -2.18. The van der Waals surface area contributed by atoms with Crippen LogP contribution in [0.3, 0.4) is 0 Å². The molecule has 34 heavy (non-hydrogen) atoms. The Morgan fingerprint density at radius 1 is 1.03 bits per heavy atom. The number of para-hydroxylation sites is 1. The Hall–Kier alpha value is -3.13. The van der Waals surface area contributed by atoms with E-state index in [4.69, 9.17) is 0 Å². The van der Waals surface area contributed by atoms with Gasteiger partial charge in [-0.2, -0.15) is 0 Å². The molecule has 4 aromatic rings. The van der Waals surface area contributed by atoms with E-state index in [-0.39, 0.29) is 23.3 Å². The summed E-state index contributed by atoms with van der Waals surface area (Å²) in [6, 6.07) is 17.5. The van der Waals surface area contributed by atoms with Crippen LogP contribution in [0, 0.1) is 5.92 Å². The third-order valence-electron chi connectivity index (χ3n) is 5.86. The number of nitrogens with zero attached hydrogens (tertiary/aromatic N) is 4. The van der Waals surface area contributed by atoms with Gasteiger partial charge in [0.25, 0.3) is 5.56 Å². The summed E-state index contributed by atoms with van der Waals surface area (Å²) in [6.45, 7) is 6.95. The van der Waals surface area contributed by atoms with Crippen LogP contribution in [0.4, 0.5) is 0 Å². The maximum absolute atomic E-state index is 13.2. The fourth-order valence-electron chi connectivity index (χ4n) is 4.08. The summed E-state index contributed by atoms with van der Waals surface area (Å²) in [5.74, 6) is 1.13. The summed E-state index contributed by atoms with van der Waals surface area (Å²) in [6.07, 6.45) is 2.71. The summed E-state index contributed by atoms with van der Waals surface area (Å²) in [4.78, 5) is 26.0. The molecule has 2 heterocycles. The lowest BCUT2D eigenvalue weighted by Crippen LogP contribution is -2.30. The summed E-state index contributed by atoms with van der Waals surface area (Å²) >= 11 is 1.34. The normalized spacial score (nSPS) is 12.5. The van der Waals surface area contributed by atoms with Crippen molar-refractivity contribution in [2.24, 2.45) is 5.92 Å². The van der Waals surface area contributed by atoms with Gasteiger partial charge in [0, 0.05) is 6.54 Å². The average molecular weight is 478 g/mol. The minimum absolute atomic E-state index is 0.0171. The highest BCUT2D eigenvalue weighted by molar-refractivity contribution is 7.99. The molecule has 0 saturated carbocycles. The predicted octanol–water partition coefficient (Wildman–Crippen LogP) is 4.84. The maximum atomic E-state index is 13.2. The van der Waals surface area contributed by atoms with E-state index >= 15 is 0 Å². The van der Waals surface area contributed by atoms with E-state index in [0.29, 0.717) is 28.8 Å². The number of carbonyl (C=O) groups excluding carboxylic acids is 1. The largest absolute Gasteiger partial charge is 0.349 e. The average Bonchev–Trinajstić information content (AvgIpc) is 3.27. The monoisotopic (exact) mass is 477 g/mol. The first-order valence-electron chi connectivity index (χ1n) is 11.8. The summed E-state index contributed by atoms with van der Waals surface area (Å²) < 4.78 is 3.60. The minimum Gasteiger partial charge on any atom is -0.349 e. The number of carbonyl (C=O) groups is 1. The fraction of sp³-hybridized carbons (Fsp3) is 0.385. The Morgan fingerprint density at radius 2 is 1.76 bits per heavy atom. The molecule has 2 aromatic heterocycles. The molecular formula is C26H31N5O2S. The summed E-state index contributed by atoms with van der Waals surface area (Å²) in [7, 11) is 0. The molecule has 4 rings (SSSR count). The smallest absolute Gasteiger partial charge is 0.262 e. The van der Waals surface area contributed by atoms with Crippen molar-refractivity contribution in [2.75, 3.05) is 5.75 Å².